The minimum atomic E-state index is -0.914. The Morgan fingerprint density at radius 1 is 1.42 bits per heavy atom. The van der Waals surface area contributed by atoms with Crippen molar-refractivity contribution in [1.82, 2.24) is 9.55 Å². The van der Waals surface area contributed by atoms with E-state index in [4.69, 9.17) is 4.74 Å². The molecule has 0 aliphatic rings. The van der Waals surface area contributed by atoms with Crippen LogP contribution in [0.2, 0.25) is 0 Å². The van der Waals surface area contributed by atoms with Crippen molar-refractivity contribution < 1.29 is 13.9 Å². The molecule has 2 aromatic rings. The van der Waals surface area contributed by atoms with Crippen LogP contribution in [0.1, 0.15) is 6.92 Å². The summed E-state index contributed by atoms with van der Waals surface area (Å²) in [5.41, 5.74) is -1.39. The molecule has 0 unspecified atom stereocenters. The van der Waals surface area contributed by atoms with E-state index in [0.29, 0.717) is 0 Å². The van der Waals surface area contributed by atoms with Crippen molar-refractivity contribution in [2.24, 2.45) is 0 Å². The third kappa shape index (κ3) is 2.54. The molecule has 1 aromatic heterocycles. The average Bonchev–Trinajstić information content (AvgIpc) is 2.35. The number of halogens is 1. The molecule has 1 N–H and O–H groups in total. The molecule has 2 rings (SSSR count). The minimum Gasteiger partial charge on any atom is -0.465 e. The van der Waals surface area contributed by atoms with E-state index < -0.39 is 29.4 Å². The van der Waals surface area contributed by atoms with Gasteiger partial charge < -0.3 is 9.72 Å². The fourth-order valence-corrected chi connectivity index (χ4v) is 1.74. The lowest BCUT2D eigenvalue weighted by Crippen LogP contribution is -2.38. The van der Waals surface area contributed by atoms with Crippen LogP contribution in [0.3, 0.4) is 0 Å². The smallest absolute Gasteiger partial charge is 0.326 e. The third-order valence-electron chi connectivity index (χ3n) is 2.53. The number of carbonyl (C=O) groups excluding carboxylic acids is 1. The molecule has 19 heavy (non-hydrogen) atoms. The SMILES string of the molecule is CCOC(=O)Cn1c(=O)c(=O)[nH]c2cc(F)ccc21. The van der Waals surface area contributed by atoms with E-state index in [1.807, 2.05) is 0 Å². The summed E-state index contributed by atoms with van der Waals surface area (Å²) in [6.07, 6.45) is 0. The number of nitrogens with one attached hydrogen (secondary N) is 1. The predicted octanol–water partition coefficient (Wildman–Crippen LogP) is 0.392. The monoisotopic (exact) mass is 266 g/mol. The maximum Gasteiger partial charge on any atom is 0.326 e. The summed E-state index contributed by atoms with van der Waals surface area (Å²) >= 11 is 0. The first kappa shape index (κ1) is 13.0. The number of rotatable bonds is 3. The third-order valence-corrected chi connectivity index (χ3v) is 2.53. The number of H-pyrrole nitrogens is 1. The van der Waals surface area contributed by atoms with Crippen LogP contribution in [0.25, 0.3) is 11.0 Å². The quantitative estimate of drug-likeness (QED) is 0.643. The molecule has 7 heteroatoms. The van der Waals surface area contributed by atoms with Crippen molar-refractivity contribution in [2.75, 3.05) is 6.61 Å². The van der Waals surface area contributed by atoms with Crippen molar-refractivity contribution in [2.45, 2.75) is 13.5 Å². The van der Waals surface area contributed by atoms with Gasteiger partial charge in [0.15, 0.2) is 0 Å². The second kappa shape index (κ2) is 5.05. The topological polar surface area (TPSA) is 81.2 Å². The first-order valence-electron chi connectivity index (χ1n) is 5.61. The van der Waals surface area contributed by atoms with Gasteiger partial charge in [0.05, 0.1) is 17.6 Å². The Bertz CT molecular complexity index is 747. The van der Waals surface area contributed by atoms with E-state index in [2.05, 4.69) is 4.98 Å². The Balaban J connectivity index is 2.64. The highest BCUT2D eigenvalue weighted by Crippen LogP contribution is 2.10. The van der Waals surface area contributed by atoms with E-state index in [-0.39, 0.29) is 17.6 Å². The van der Waals surface area contributed by atoms with Crippen LogP contribution >= 0.6 is 0 Å². The van der Waals surface area contributed by atoms with Crippen molar-refractivity contribution in [3.63, 3.8) is 0 Å². The maximum absolute atomic E-state index is 13.1. The lowest BCUT2D eigenvalue weighted by Gasteiger charge is -2.08. The summed E-state index contributed by atoms with van der Waals surface area (Å²) in [5, 5.41) is 0. The summed E-state index contributed by atoms with van der Waals surface area (Å²) in [5.74, 6) is -1.19. The Morgan fingerprint density at radius 3 is 2.84 bits per heavy atom. The molecule has 6 nitrogen and oxygen atoms in total. The standard InChI is InChI=1S/C12H11FN2O4/c1-2-19-10(16)6-15-9-4-3-7(13)5-8(9)14-11(17)12(15)18/h3-5H,2,6H2,1H3,(H,14,17). The van der Waals surface area contributed by atoms with Crippen LogP contribution in [-0.2, 0) is 16.1 Å². The maximum atomic E-state index is 13.1. The van der Waals surface area contributed by atoms with Gasteiger partial charge in [-0.25, -0.2) is 4.39 Å². The molecule has 0 aliphatic carbocycles. The van der Waals surface area contributed by atoms with Crippen LogP contribution in [0.4, 0.5) is 4.39 Å². The Hall–Kier alpha value is -2.44. The van der Waals surface area contributed by atoms with E-state index in [1.165, 1.54) is 6.07 Å². The fourth-order valence-electron chi connectivity index (χ4n) is 1.74. The van der Waals surface area contributed by atoms with Gasteiger partial charge in [-0.2, -0.15) is 0 Å². The zero-order valence-corrected chi connectivity index (χ0v) is 10.1. The number of nitrogens with zero attached hydrogens (tertiary/aromatic N) is 1. The van der Waals surface area contributed by atoms with Gasteiger partial charge in [0.2, 0.25) is 0 Å². The summed E-state index contributed by atoms with van der Waals surface area (Å²) in [7, 11) is 0. The molecule has 100 valence electrons. The molecule has 1 heterocycles. The lowest BCUT2D eigenvalue weighted by atomic mass is 10.3. The molecule has 0 aliphatic heterocycles. The molecule has 0 radical (unpaired) electrons. The molecular weight excluding hydrogens is 255 g/mol. The summed E-state index contributed by atoms with van der Waals surface area (Å²) < 4.78 is 18.8. The first-order valence-corrected chi connectivity index (χ1v) is 5.61. The normalized spacial score (nSPS) is 10.6. The summed E-state index contributed by atoms with van der Waals surface area (Å²) in [6, 6.07) is 3.54. The van der Waals surface area contributed by atoms with Gasteiger partial charge in [-0.3, -0.25) is 19.0 Å². The minimum absolute atomic E-state index is 0.147. The number of carbonyl (C=O) groups is 1. The van der Waals surface area contributed by atoms with Crippen LogP contribution < -0.4 is 11.1 Å². The second-order valence-corrected chi connectivity index (χ2v) is 3.81. The number of esters is 1. The molecular formula is C12H11FN2O4. The van der Waals surface area contributed by atoms with Gasteiger partial charge in [0.1, 0.15) is 12.4 Å². The predicted molar refractivity (Wildman–Crippen MR) is 65.4 cm³/mol. The fraction of sp³-hybridized carbons (Fsp3) is 0.250. The highest BCUT2D eigenvalue weighted by Gasteiger charge is 2.12. The molecule has 1 aromatic carbocycles. The van der Waals surface area contributed by atoms with E-state index in [9.17, 15) is 18.8 Å². The molecule has 0 saturated heterocycles. The number of aromatic nitrogens is 2. The Kier molecular flexibility index (Phi) is 3.46. The molecule has 0 fully saturated rings. The second-order valence-electron chi connectivity index (χ2n) is 3.81. The molecule has 0 bridgehead atoms. The Morgan fingerprint density at radius 2 is 2.16 bits per heavy atom. The number of hydrogen-bond acceptors (Lipinski definition) is 4. The highest BCUT2D eigenvalue weighted by atomic mass is 19.1. The van der Waals surface area contributed by atoms with Gasteiger partial charge in [-0.15, -0.1) is 0 Å². The van der Waals surface area contributed by atoms with E-state index >= 15 is 0 Å². The number of fused-ring (bicyclic) bond motifs is 1. The molecule has 0 amide bonds. The van der Waals surface area contributed by atoms with Crippen LogP contribution in [-0.4, -0.2) is 22.1 Å². The van der Waals surface area contributed by atoms with Crippen LogP contribution in [0.5, 0.6) is 0 Å². The van der Waals surface area contributed by atoms with Crippen LogP contribution in [0, 0.1) is 5.82 Å². The van der Waals surface area contributed by atoms with Gasteiger partial charge in [0.25, 0.3) is 0 Å². The first-order chi connectivity index (χ1) is 9.02. The van der Waals surface area contributed by atoms with Crippen molar-refractivity contribution >= 4 is 17.0 Å². The van der Waals surface area contributed by atoms with Crippen molar-refractivity contribution in [3.05, 3.63) is 44.7 Å². The summed E-state index contributed by atoms with van der Waals surface area (Å²) in [4.78, 5) is 36.8. The number of benzene rings is 1. The number of hydrogen-bond donors (Lipinski definition) is 1. The van der Waals surface area contributed by atoms with Gasteiger partial charge in [0, 0.05) is 0 Å². The van der Waals surface area contributed by atoms with Crippen molar-refractivity contribution in [3.8, 4) is 0 Å². The Labute approximate surface area is 106 Å². The van der Waals surface area contributed by atoms with E-state index in [0.717, 1.165) is 16.7 Å². The largest absolute Gasteiger partial charge is 0.465 e. The number of aromatic amines is 1. The van der Waals surface area contributed by atoms with Gasteiger partial charge in [-0.1, -0.05) is 0 Å². The van der Waals surface area contributed by atoms with Gasteiger partial charge >= 0.3 is 17.1 Å². The average molecular weight is 266 g/mol. The lowest BCUT2D eigenvalue weighted by molar-refractivity contribution is -0.143. The molecule has 0 saturated carbocycles. The van der Waals surface area contributed by atoms with Gasteiger partial charge in [-0.05, 0) is 25.1 Å². The zero-order valence-electron chi connectivity index (χ0n) is 10.1. The number of ether oxygens (including phenoxy) is 1. The molecule has 0 atom stereocenters. The van der Waals surface area contributed by atoms with Crippen LogP contribution in [0.15, 0.2) is 27.8 Å². The zero-order chi connectivity index (χ0) is 14.0. The van der Waals surface area contributed by atoms with Crippen molar-refractivity contribution in [1.29, 1.82) is 0 Å². The molecule has 0 spiro atoms. The summed E-state index contributed by atoms with van der Waals surface area (Å²) in [6.45, 7) is 1.41. The van der Waals surface area contributed by atoms with E-state index in [1.54, 1.807) is 6.92 Å². The highest BCUT2D eigenvalue weighted by molar-refractivity contribution is 5.77.